The number of nitrogens with zero attached hydrogens (tertiary/aromatic N) is 1. The van der Waals surface area contributed by atoms with Crippen LogP contribution in [0.15, 0.2) is 79.0 Å². The predicted molar refractivity (Wildman–Crippen MR) is 142 cm³/mol. The molecule has 1 N–H and O–H groups in total. The molecule has 0 aliphatic carbocycles. The fourth-order valence-electron chi connectivity index (χ4n) is 4.63. The summed E-state index contributed by atoms with van der Waals surface area (Å²) in [6.45, 7) is 10.1. The van der Waals surface area contributed by atoms with Crippen molar-refractivity contribution >= 4 is 16.8 Å². The summed E-state index contributed by atoms with van der Waals surface area (Å²) in [5, 5.41) is 4.37. The Kier molecular flexibility index (Phi) is 7.52. The molecule has 1 atom stereocenters. The van der Waals surface area contributed by atoms with Gasteiger partial charge < -0.3 is 9.88 Å². The third kappa shape index (κ3) is 5.77. The molecule has 0 saturated carbocycles. The lowest BCUT2D eigenvalue weighted by molar-refractivity contribution is -0.121. The predicted octanol–water partition coefficient (Wildman–Crippen LogP) is 6.99. The summed E-state index contributed by atoms with van der Waals surface area (Å²) in [7, 11) is 0. The Morgan fingerprint density at radius 3 is 2.41 bits per heavy atom. The summed E-state index contributed by atoms with van der Waals surface area (Å²) in [6, 6.07) is 25.9. The van der Waals surface area contributed by atoms with Gasteiger partial charge in [-0.25, -0.2) is 0 Å². The van der Waals surface area contributed by atoms with Gasteiger partial charge in [-0.3, -0.25) is 4.79 Å². The fourth-order valence-corrected chi connectivity index (χ4v) is 4.63. The first-order valence-corrected chi connectivity index (χ1v) is 12.4. The summed E-state index contributed by atoms with van der Waals surface area (Å²) < 4.78 is 2.33. The van der Waals surface area contributed by atoms with Crippen molar-refractivity contribution in [1.82, 2.24) is 9.88 Å². The number of hydrogen-bond donors (Lipinski definition) is 1. The molecule has 1 amide bonds. The molecular formula is C31H36N2O. The van der Waals surface area contributed by atoms with Crippen molar-refractivity contribution in [2.75, 3.05) is 6.54 Å². The highest BCUT2D eigenvalue weighted by molar-refractivity contribution is 5.86. The van der Waals surface area contributed by atoms with Crippen LogP contribution < -0.4 is 5.32 Å². The van der Waals surface area contributed by atoms with E-state index in [4.69, 9.17) is 0 Å². The molecule has 0 fully saturated rings. The highest BCUT2D eigenvalue weighted by atomic mass is 16.1. The first-order valence-electron chi connectivity index (χ1n) is 12.4. The van der Waals surface area contributed by atoms with Gasteiger partial charge in [0.15, 0.2) is 0 Å². The van der Waals surface area contributed by atoms with Crippen molar-refractivity contribution in [1.29, 1.82) is 0 Å². The highest BCUT2D eigenvalue weighted by Crippen LogP contribution is 2.35. The van der Waals surface area contributed by atoms with Crippen LogP contribution in [0.4, 0.5) is 0 Å². The van der Waals surface area contributed by atoms with Crippen LogP contribution in [0.1, 0.15) is 60.4 Å². The second-order valence-corrected chi connectivity index (χ2v) is 9.92. The smallest absolute Gasteiger partial charge is 0.220 e. The number of aryl methyl sites for hydroxylation is 2. The molecule has 3 aromatic carbocycles. The zero-order chi connectivity index (χ0) is 24.1. The number of amides is 1. The van der Waals surface area contributed by atoms with Crippen LogP contribution in [-0.2, 0) is 11.3 Å². The van der Waals surface area contributed by atoms with Crippen molar-refractivity contribution in [2.45, 2.75) is 53.0 Å². The molecule has 0 aliphatic rings. The van der Waals surface area contributed by atoms with Crippen molar-refractivity contribution in [3.63, 3.8) is 0 Å². The van der Waals surface area contributed by atoms with E-state index in [1.165, 1.54) is 38.7 Å². The minimum absolute atomic E-state index is 0.00289. The van der Waals surface area contributed by atoms with Crippen LogP contribution in [0.25, 0.3) is 10.9 Å². The quantitative estimate of drug-likeness (QED) is 0.292. The number of hydrogen-bond acceptors (Lipinski definition) is 1. The average Bonchev–Trinajstić information content (AvgIpc) is 3.17. The van der Waals surface area contributed by atoms with Gasteiger partial charge in [-0.1, -0.05) is 91.7 Å². The van der Waals surface area contributed by atoms with E-state index in [-0.39, 0.29) is 11.8 Å². The van der Waals surface area contributed by atoms with Crippen molar-refractivity contribution in [2.24, 2.45) is 5.92 Å². The zero-order valence-electron chi connectivity index (χ0n) is 20.8. The minimum Gasteiger partial charge on any atom is -0.356 e. The molecule has 0 bridgehead atoms. The summed E-state index contributed by atoms with van der Waals surface area (Å²) in [5.74, 6) is 0.693. The van der Waals surface area contributed by atoms with Gasteiger partial charge in [-0.05, 0) is 48.9 Å². The maximum absolute atomic E-state index is 13.0. The number of carbonyl (C=O) groups is 1. The second-order valence-electron chi connectivity index (χ2n) is 9.92. The molecule has 34 heavy (non-hydrogen) atoms. The number of benzene rings is 3. The van der Waals surface area contributed by atoms with E-state index in [9.17, 15) is 4.79 Å². The zero-order valence-corrected chi connectivity index (χ0v) is 20.8. The van der Waals surface area contributed by atoms with Gasteiger partial charge in [-0.2, -0.15) is 0 Å². The topological polar surface area (TPSA) is 34.0 Å². The fraction of sp³-hybridized carbons (Fsp3) is 0.323. The van der Waals surface area contributed by atoms with Gasteiger partial charge in [0.05, 0.1) is 0 Å². The molecule has 176 valence electrons. The van der Waals surface area contributed by atoms with Crippen molar-refractivity contribution < 1.29 is 4.79 Å². The van der Waals surface area contributed by atoms with Crippen LogP contribution in [0.5, 0.6) is 0 Å². The monoisotopic (exact) mass is 452 g/mol. The number of fused-ring (bicyclic) bond motifs is 1. The van der Waals surface area contributed by atoms with E-state index in [0.717, 1.165) is 19.5 Å². The lowest BCUT2D eigenvalue weighted by Gasteiger charge is -2.18. The van der Waals surface area contributed by atoms with E-state index in [1.54, 1.807) is 0 Å². The summed E-state index contributed by atoms with van der Waals surface area (Å²) >= 11 is 0. The molecule has 1 heterocycles. The standard InChI is InChI=1S/C31H36N2O/c1-22(2)16-17-32-31(34)19-28(26-9-7-8-24(4)18-26)29-21-33(30-11-6-5-10-27(29)30)20-25-14-12-23(3)13-15-25/h5-15,18,21-22,28H,16-17,19-20H2,1-4H3,(H,32,34). The number of aromatic nitrogens is 1. The molecule has 0 aliphatic heterocycles. The summed E-state index contributed by atoms with van der Waals surface area (Å²) in [5.41, 5.74) is 7.37. The summed E-state index contributed by atoms with van der Waals surface area (Å²) in [6.07, 6.45) is 3.70. The molecule has 0 spiro atoms. The van der Waals surface area contributed by atoms with Crippen molar-refractivity contribution in [3.8, 4) is 0 Å². The number of rotatable bonds is 9. The van der Waals surface area contributed by atoms with E-state index in [2.05, 4.69) is 117 Å². The molecule has 3 nitrogen and oxygen atoms in total. The van der Waals surface area contributed by atoms with Gasteiger partial charge in [0.1, 0.15) is 0 Å². The van der Waals surface area contributed by atoms with Crippen LogP contribution >= 0.6 is 0 Å². The number of carbonyl (C=O) groups excluding carboxylic acids is 1. The Bertz CT molecular complexity index is 1250. The minimum atomic E-state index is 0.00289. The van der Waals surface area contributed by atoms with Crippen LogP contribution in [0, 0.1) is 19.8 Å². The van der Waals surface area contributed by atoms with Crippen LogP contribution in [-0.4, -0.2) is 17.0 Å². The van der Waals surface area contributed by atoms with E-state index < -0.39 is 0 Å². The Morgan fingerprint density at radius 1 is 0.912 bits per heavy atom. The average molecular weight is 453 g/mol. The highest BCUT2D eigenvalue weighted by Gasteiger charge is 2.23. The molecular weight excluding hydrogens is 416 g/mol. The lowest BCUT2D eigenvalue weighted by Crippen LogP contribution is -2.27. The van der Waals surface area contributed by atoms with Gasteiger partial charge in [0, 0.05) is 42.5 Å². The molecule has 1 aromatic heterocycles. The molecule has 1 unspecified atom stereocenters. The first kappa shape index (κ1) is 23.8. The van der Waals surface area contributed by atoms with Crippen molar-refractivity contribution in [3.05, 3.63) is 107 Å². The normalized spacial score (nSPS) is 12.3. The number of nitrogens with one attached hydrogen (secondary N) is 1. The Morgan fingerprint density at radius 2 is 1.68 bits per heavy atom. The largest absolute Gasteiger partial charge is 0.356 e. The van der Waals surface area contributed by atoms with Gasteiger partial charge in [-0.15, -0.1) is 0 Å². The van der Waals surface area contributed by atoms with E-state index in [0.29, 0.717) is 12.3 Å². The van der Waals surface area contributed by atoms with E-state index >= 15 is 0 Å². The SMILES string of the molecule is Cc1ccc(Cn2cc(C(CC(=O)NCCC(C)C)c3cccc(C)c3)c3ccccc32)cc1. The van der Waals surface area contributed by atoms with Crippen LogP contribution in [0.3, 0.4) is 0 Å². The lowest BCUT2D eigenvalue weighted by atomic mass is 9.87. The molecule has 0 radical (unpaired) electrons. The molecule has 0 saturated heterocycles. The third-order valence-electron chi connectivity index (χ3n) is 6.55. The Hall–Kier alpha value is -3.33. The van der Waals surface area contributed by atoms with Gasteiger partial charge >= 0.3 is 0 Å². The maximum atomic E-state index is 13.0. The number of para-hydroxylation sites is 1. The van der Waals surface area contributed by atoms with Gasteiger partial charge in [0.25, 0.3) is 0 Å². The third-order valence-corrected chi connectivity index (χ3v) is 6.55. The Balaban J connectivity index is 1.71. The first-order chi connectivity index (χ1) is 16.4. The van der Waals surface area contributed by atoms with E-state index in [1.807, 2.05) is 0 Å². The van der Waals surface area contributed by atoms with Gasteiger partial charge in [0.2, 0.25) is 5.91 Å². The molecule has 4 rings (SSSR count). The molecule has 3 heteroatoms. The Labute approximate surface area is 203 Å². The molecule has 4 aromatic rings. The van der Waals surface area contributed by atoms with Crippen LogP contribution in [0.2, 0.25) is 0 Å². The maximum Gasteiger partial charge on any atom is 0.220 e. The summed E-state index contributed by atoms with van der Waals surface area (Å²) in [4.78, 5) is 13.0. The second kappa shape index (κ2) is 10.7.